The number of hydrogen-bond acceptors (Lipinski definition) is 9. The summed E-state index contributed by atoms with van der Waals surface area (Å²) in [6.45, 7) is 0. The summed E-state index contributed by atoms with van der Waals surface area (Å²) in [7, 11) is -5.06. The Morgan fingerprint density at radius 2 is 1.76 bits per heavy atom. The first-order chi connectivity index (χ1) is 18.1. The zero-order valence-corrected chi connectivity index (χ0v) is 23.1. The molecule has 1 aromatic carbocycles. The molecule has 0 aliphatic heterocycles. The summed E-state index contributed by atoms with van der Waals surface area (Å²) >= 11 is 0. The third kappa shape index (κ3) is 6.69. The van der Waals surface area contributed by atoms with E-state index < -0.39 is 19.9 Å². The number of nitrogens with one attached hydrogen (secondary N) is 3. The molecule has 2 aliphatic rings. The highest BCUT2D eigenvalue weighted by atomic mass is 32.2. The molecular weight excluding hydrogens is 526 g/mol. The maximum absolute atomic E-state index is 12.8. The number of H-pyrrole nitrogens is 1. The lowest BCUT2D eigenvalue weighted by molar-refractivity contribution is 0.363. The molecule has 5 rings (SSSR count). The van der Waals surface area contributed by atoms with Crippen molar-refractivity contribution in [3.05, 3.63) is 53.9 Å². The lowest BCUT2D eigenvalue weighted by atomic mass is 9.91. The molecule has 0 spiro atoms. The molecule has 38 heavy (non-hydrogen) atoms. The quantitative estimate of drug-likeness (QED) is 0.340. The van der Waals surface area contributed by atoms with Gasteiger partial charge in [0.2, 0.25) is 16.0 Å². The van der Waals surface area contributed by atoms with Crippen molar-refractivity contribution in [3.63, 3.8) is 0 Å². The van der Waals surface area contributed by atoms with Gasteiger partial charge in [0.15, 0.2) is 15.7 Å². The molecule has 0 atom stereocenters. The molecule has 3 aromatic rings. The molecule has 2 fully saturated rings. The Hall–Kier alpha value is -3.03. The average molecular weight is 560 g/mol. The first-order valence-electron chi connectivity index (χ1n) is 12.7. The molecule has 0 unspecified atom stereocenters. The molecule has 204 valence electrons. The Kier molecular flexibility index (Phi) is 7.43. The zero-order chi connectivity index (χ0) is 26.9. The van der Waals surface area contributed by atoms with Crippen molar-refractivity contribution < 1.29 is 16.8 Å². The van der Waals surface area contributed by atoms with Crippen LogP contribution in [0.15, 0.2) is 47.5 Å². The molecule has 0 saturated heterocycles. The first-order valence-corrected chi connectivity index (χ1v) is 16.3. The van der Waals surface area contributed by atoms with Crippen LogP contribution in [0.3, 0.4) is 0 Å². The molecule has 2 aliphatic carbocycles. The number of nitrogens with zero attached hydrogens (tertiary/aromatic N) is 4. The Labute approximate surface area is 223 Å². The van der Waals surface area contributed by atoms with Gasteiger partial charge in [-0.15, -0.1) is 0 Å². The maximum Gasteiger partial charge on any atom is 0.227 e. The highest BCUT2D eigenvalue weighted by Crippen LogP contribution is 2.39. The fourth-order valence-electron chi connectivity index (χ4n) is 4.85. The van der Waals surface area contributed by atoms with Gasteiger partial charge in [0.25, 0.3) is 0 Å². The van der Waals surface area contributed by atoms with Crippen LogP contribution in [0.25, 0.3) is 0 Å². The Morgan fingerprint density at radius 1 is 1.00 bits per heavy atom. The number of aromatic amines is 1. The largest absolute Gasteiger partial charge is 0.341 e. The van der Waals surface area contributed by atoms with Crippen molar-refractivity contribution in [2.45, 2.75) is 67.2 Å². The van der Waals surface area contributed by atoms with Gasteiger partial charge in [-0.25, -0.2) is 26.5 Å². The second-order valence-electron chi connectivity index (χ2n) is 10.3. The summed E-state index contributed by atoms with van der Waals surface area (Å²) in [5.74, 6) is 2.33. The Balaban J connectivity index is 1.14. The maximum atomic E-state index is 12.8. The smallest absolute Gasteiger partial charge is 0.227 e. The predicted molar refractivity (Wildman–Crippen MR) is 146 cm³/mol. The fraction of sp³-hybridized carbons (Fsp3) is 0.480. The van der Waals surface area contributed by atoms with Crippen LogP contribution in [-0.4, -0.2) is 62.4 Å². The lowest BCUT2D eigenvalue weighted by Crippen LogP contribution is -2.43. The van der Waals surface area contributed by atoms with E-state index in [2.05, 4.69) is 30.2 Å². The van der Waals surface area contributed by atoms with Gasteiger partial charge in [-0.05, 0) is 62.3 Å². The molecule has 2 aromatic heterocycles. The second kappa shape index (κ2) is 10.6. The van der Waals surface area contributed by atoms with Crippen LogP contribution >= 0.6 is 0 Å². The Morgan fingerprint density at radius 3 is 2.47 bits per heavy atom. The van der Waals surface area contributed by atoms with Crippen LogP contribution in [0.4, 0.5) is 17.6 Å². The highest BCUT2D eigenvalue weighted by Gasteiger charge is 2.28. The van der Waals surface area contributed by atoms with E-state index in [1.807, 2.05) is 18.0 Å². The number of aromatic nitrogens is 4. The third-order valence-electron chi connectivity index (χ3n) is 7.10. The van der Waals surface area contributed by atoms with E-state index in [1.54, 1.807) is 24.4 Å². The summed E-state index contributed by atoms with van der Waals surface area (Å²) < 4.78 is 52.0. The van der Waals surface area contributed by atoms with Crippen LogP contribution in [0.1, 0.15) is 55.7 Å². The molecular formula is C25H33N7O4S2. The van der Waals surface area contributed by atoms with Gasteiger partial charge in [0.1, 0.15) is 5.82 Å². The van der Waals surface area contributed by atoms with Crippen LogP contribution in [0.2, 0.25) is 0 Å². The Bertz CT molecular complexity index is 1500. The summed E-state index contributed by atoms with van der Waals surface area (Å²) in [6, 6.07) is 9.92. The van der Waals surface area contributed by atoms with Gasteiger partial charge in [0.05, 0.1) is 10.6 Å². The molecule has 0 bridgehead atoms. The number of rotatable bonds is 10. The van der Waals surface area contributed by atoms with Gasteiger partial charge in [-0.3, -0.25) is 5.10 Å². The minimum absolute atomic E-state index is 0.114. The standard InChI is InChI=1S/C25H33N7O4S2/c1-32(25-26-13-12-23(28-25)27-24-15-22(29-30-24)18-6-7-18)20-10-8-19(9-11-20)31-38(35,36)16-17-4-3-5-21(14-17)37(2,33)34/h3-5,12-15,18-20,31H,6-11,16H2,1-2H3,(H2,26,27,28,29,30)/t19-,20-. The van der Waals surface area contributed by atoms with Crippen molar-refractivity contribution in [2.75, 3.05) is 23.5 Å². The third-order valence-corrected chi connectivity index (χ3v) is 9.62. The number of sulfone groups is 1. The SMILES string of the molecule is CN(c1nccc(Nc2cc(C3CC3)[nH]n2)n1)[C@H]1CC[C@H](NS(=O)(=O)Cc2cccc(S(C)(=O)=O)c2)CC1. The minimum Gasteiger partial charge on any atom is -0.341 e. The number of benzene rings is 1. The van der Waals surface area contributed by atoms with Gasteiger partial charge in [-0.1, -0.05) is 12.1 Å². The highest BCUT2D eigenvalue weighted by molar-refractivity contribution is 7.90. The molecule has 0 radical (unpaired) electrons. The lowest BCUT2D eigenvalue weighted by Gasteiger charge is -2.34. The minimum atomic E-state index is -3.62. The molecule has 2 saturated carbocycles. The van der Waals surface area contributed by atoms with Crippen LogP contribution in [-0.2, 0) is 25.6 Å². The second-order valence-corrected chi connectivity index (χ2v) is 14.0. The monoisotopic (exact) mass is 559 g/mol. The first kappa shape index (κ1) is 26.6. The van der Waals surface area contributed by atoms with E-state index in [4.69, 9.17) is 0 Å². The van der Waals surface area contributed by atoms with Crippen molar-refractivity contribution >= 4 is 37.4 Å². The average Bonchev–Trinajstić information content (AvgIpc) is 3.62. The van der Waals surface area contributed by atoms with E-state index in [9.17, 15) is 16.8 Å². The van der Waals surface area contributed by atoms with Gasteiger partial charge in [0, 0.05) is 49.3 Å². The number of anilines is 3. The van der Waals surface area contributed by atoms with Gasteiger partial charge in [-0.2, -0.15) is 10.1 Å². The van der Waals surface area contributed by atoms with Crippen LogP contribution in [0, 0.1) is 0 Å². The predicted octanol–water partition coefficient (Wildman–Crippen LogP) is 3.09. The normalized spacial score (nSPS) is 20.3. The summed E-state index contributed by atoms with van der Waals surface area (Å²) in [5, 5.41) is 10.6. The topological polar surface area (TPSA) is 150 Å². The number of hydrogen-bond donors (Lipinski definition) is 3. The van der Waals surface area contributed by atoms with Crippen LogP contribution < -0.4 is 14.9 Å². The van der Waals surface area contributed by atoms with E-state index in [0.29, 0.717) is 36.1 Å². The van der Waals surface area contributed by atoms with Crippen molar-refractivity contribution in [3.8, 4) is 0 Å². The summed E-state index contributed by atoms with van der Waals surface area (Å²) in [4.78, 5) is 11.3. The zero-order valence-electron chi connectivity index (χ0n) is 21.5. The van der Waals surface area contributed by atoms with Crippen molar-refractivity contribution in [2.24, 2.45) is 0 Å². The molecule has 13 heteroatoms. The number of sulfonamides is 1. The fourth-order valence-corrected chi connectivity index (χ4v) is 6.99. The summed E-state index contributed by atoms with van der Waals surface area (Å²) in [5.41, 5.74) is 1.59. The molecule has 3 N–H and O–H groups in total. The van der Waals surface area contributed by atoms with Crippen LogP contribution in [0.5, 0.6) is 0 Å². The van der Waals surface area contributed by atoms with E-state index >= 15 is 0 Å². The van der Waals surface area contributed by atoms with E-state index in [1.165, 1.54) is 25.0 Å². The molecule has 0 amide bonds. The van der Waals surface area contributed by atoms with E-state index in [-0.39, 0.29) is 22.7 Å². The van der Waals surface area contributed by atoms with Crippen molar-refractivity contribution in [1.29, 1.82) is 0 Å². The van der Waals surface area contributed by atoms with Crippen molar-refractivity contribution in [1.82, 2.24) is 24.9 Å². The summed E-state index contributed by atoms with van der Waals surface area (Å²) in [6.07, 6.45) is 8.18. The van der Waals surface area contributed by atoms with Gasteiger partial charge < -0.3 is 10.2 Å². The molecule has 2 heterocycles. The molecule has 11 nitrogen and oxygen atoms in total. The van der Waals surface area contributed by atoms with Gasteiger partial charge >= 0.3 is 0 Å². The van der Waals surface area contributed by atoms with E-state index in [0.717, 1.165) is 30.6 Å².